The number of Topliss-reactive ketones (excluding diaryl/α,β-unsaturated/α-hetero) is 1. The average Bonchev–Trinajstić information content (AvgIpc) is 3.31. The molecule has 0 heterocycles. The van der Waals surface area contributed by atoms with Crippen molar-refractivity contribution in [2.24, 2.45) is 29.1 Å². The van der Waals surface area contributed by atoms with Gasteiger partial charge in [0.15, 0.2) is 11.4 Å². The van der Waals surface area contributed by atoms with E-state index in [0.717, 1.165) is 12.8 Å². The molecule has 8 atom stereocenters. The Morgan fingerprint density at radius 2 is 1.80 bits per heavy atom. The fraction of sp³-hybridized carbons (Fsp3) is 0.594. The molecular formula is C32H42O8. The third-order valence-corrected chi connectivity index (χ3v) is 9.67. The maximum Gasteiger partial charge on any atom is 0.331 e. The van der Waals surface area contributed by atoms with Crippen LogP contribution in [-0.2, 0) is 23.9 Å². The summed E-state index contributed by atoms with van der Waals surface area (Å²) < 4.78 is 12.0. The first kappa shape index (κ1) is 30.2. The van der Waals surface area contributed by atoms with Crippen molar-refractivity contribution in [3.8, 4) is 0 Å². The van der Waals surface area contributed by atoms with E-state index in [1.807, 2.05) is 26.0 Å². The number of carbonyl (C=O) groups is 3. The van der Waals surface area contributed by atoms with Crippen LogP contribution in [0.1, 0.15) is 60.8 Å². The molecule has 0 aromatic rings. The number of rotatable bonds is 8. The molecule has 40 heavy (non-hydrogen) atoms. The van der Waals surface area contributed by atoms with E-state index >= 15 is 0 Å². The number of ketones is 1. The summed E-state index contributed by atoms with van der Waals surface area (Å²) in [5.41, 5.74) is -4.94. The molecule has 0 radical (unpaired) electrons. The Balaban J connectivity index is 1.78. The highest BCUT2D eigenvalue weighted by Crippen LogP contribution is 2.77. The number of esters is 2. The van der Waals surface area contributed by atoms with Gasteiger partial charge in [0.2, 0.25) is 0 Å². The predicted molar refractivity (Wildman–Crippen MR) is 149 cm³/mol. The van der Waals surface area contributed by atoms with Crippen molar-refractivity contribution in [1.82, 2.24) is 0 Å². The van der Waals surface area contributed by atoms with E-state index in [9.17, 15) is 29.7 Å². The summed E-state index contributed by atoms with van der Waals surface area (Å²) in [5, 5.41) is 34.6. The monoisotopic (exact) mass is 554 g/mol. The normalized spacial score (nSPS) is 39.8. The van der Waals surface area contributed by atoms with Gasteiger partial charge in [-0.2, -0.15) is 0 Å². The SMILES string of the molecule is CCC/C=C/C=C/C=C\C(=O)O[C@@H]1[C@@H](C)[C@@]2(O)[C@@H](C=C(CO)C[C@]3(O)C(=O)C(C)=C[C@@H]23)[C@H]2C(C)(C)[C@]12OC(C)=O. The first-order valence-electron chi connectivity index (χ1n) is 14.1. The molecule has 8 heteroatoms. The van der Waals surface area contributed by atoms with Crippen molar-refractivity contribution in [1.29, 1.82) is 0 Å². The molecule has 4 rings (SSSR count). The summed E-state index contributed by atoms with van der Waals surface area (Å²) in [4.78, 5) is 38.7. The highest BCUT2D eigenvalue weighted by atomic mass is 16.6. The summed E-state index contributed by atoms with van der Waals surface area (Å²) in [6, 6.07) is 0. The molecule has 0 spiro atoms. The van der Waals surface area contributed by atoms with Gasteiger partial charge in [-0.3, -0.25) is 9.59 Å². The van der Waals surface area contributed by atoms with Crippen LogP contribution in [0.2, 0.25) is 0 Å². The quantitative estimate of drug-likeness (QED) is 0.180. The topological polar surface area (TPSA) is 130 Å². The second-order valence-corrected chi connectivity index (χ2v) is 12.3. The Morgan fingerprint density at radius 3 is 2.42 bits per heavy atom. The highest BCUT2D eigenvalue weighted by Gasteiger charge is 2.87. The number of allylic oxidation sites excluding steroid dienone is 5. The third kappa shape index (κ3) is 4.35. The molecule has 0 aromatic heterocycles. The van der Waals surface area contributed by atoms with Crippen molar-refractivity contribution in [3.05, 3.63) is 59.8 Å². The zero-order chi connectivity index (χ0) is 29.7. The molecule has 4 aliphatic carbocycles. The van der Waals surface area contributed by atoms with Gasteiger partial charge >= 0.3 is 11.9 Å². The fourth-order valence-corrected chi connectivity index (χ4v) is 7.83. The van der Waals surface area contributed by atoms with Crippen LogP contribution >= 0.6 is 0 Å². The van der Waals surface area contributed by atoms with Crippen LogP contribution in [0.4, 0.5) is 0 Å². The first-order chi connectivity index (χ1) is 18.7. The maximum atomic E-state index is 13.2. The van der Waals surface area contributed by atoms with Crippen molar-refractivity contribution >= 4 is 17.7 Å². The number of aliphatic hydroxyl groups is 3. The minimum absolute atomic E-state index is 0.133. The molecule has 8 nitrogen and oxygen atoms in total. The largest absolute Gasteiger partial charge is 0.455 e. The lowest BCUT2D eigenvalue weighted by molar-refractivity contribution is -0.226. The van der Waals surface area contributed by atoms with Crippen molar-refractivity contribution in [2.45, 2.75) is 83.7 Å². The minimum atomic E-state index is -1.96. The fourth-order valence-electron chi connectivity index (χ4n) is 7.83. The van der Waals surface area contributed by atoms with Crippen LogP contribution in [0, 0.1) is 29.1 Å². The predicted octanol–water partition coefficient (Wildman–Crippen LogP) is 3.52. The molecule has 0 unspecified atom stereocenters. The Morgan fingerprint density at radius 1 is 1.12 bits per heavy atom. The van der Waals surface area contributed by atoms with Crippen LogP contribution in [-0.4, -0.2) is 62.6 Å². The lowest BCUT2D eigenvalue weighted by atomic mass is 9.59. The molecule has 2 fully saturated rings. The second kappa shape index (κ2) is 10.5. The molecule has 0 aliphatic heterocycles. The molecule has 2 saturated carbocycles. The average molecular weight is 555 g/mol. The number of ether oxygens (including phenoxy) is 2. The number of hydrogen-bond donors (Lipinski definition) is 3. The van der Waals surface area contributed by atoms with Gasteiger partial charge in [-0.05, 0) is 24.5 Å². The van der Waals surface area contributed by atoms with E-state index in [-0.39, 0.29) is 6.42 Å². The summed E-state index contributed by atoms with van der Waals surface area (Å²) >= 11 is 0. The van der Waals surface area contributed by atoms with Gasteiger partial charge in [-0.15, -0.1) is 0 Å². The van der Waals surface area contributed by atoms with Crippen molar-refractivity contribution in [3.63, 3.8) is 0 Å². The minimum Gasteiger partial charge on any atom is -0.455 e. The van der Waals surface area contributed by atoms with Gasteiger partial charge in [0.25, 0.3) is 0 Å². The van der Waals surface area contributed by atoms with Gasteiger partial charge in [0.05, 0.1) is 12.2 Å². The van der Waals surface area contributed by atoms with Crippen LogP contribution < -0.4 is 0 Å². The van der Waals surface area contributed by atoms with E-state index in [0.29, 0.717) is 11.1 Å². The molecule has 3 N–H and O–H groups in total. The lowest BCUT2D eigenvalue weighted by Crippen LogP contribution is -2.66. The van der Waals surface area contributed by atoms with E-state index in [4.69, 9.17) is 9.47 Å². The van der Waals surface area contributed by atoms with Gasteiger partial charge in [-0.25, -0.2) is 4.79 Å². The molecule has 0 bridgehead atoms. The van der Waals surface area contributed by atoms with E-state index in [2.05, 4.69) is 6.92 Å². The summed E-state index contributed by atoms with van der Waals surface area (Å²) in [6.07, 6.45) is 14.4. The summed E-state index contributed by atoms with van der Waals surface area (Å²) in [5.74, 6) is -4.80. The Bertz CT molecular complexity index is 1220. The molecule has 218 valence electrons. The smallest absolute Gasteiger partial charge is 0.331 e. The molecular weight excluding hydrogens is 512 g/mol. The second-order valence-electron chi connectivity index (χ2n) is 12.3. The molecule has 4 aliphatic rings. The summed E-state index contributed by atoms with van der Waals surface area (Å²) in [7, 11) is 0. The van der Waals surface area contributed by atoms with Crippen LogP contribution in [0.5, 0.6) is 0 Å². The molecule has 0 aromatic carbocycles. The first-order valence-corrected chi connectivity index (χ1v) is 14.1. The Kier molecular flexibility index (Phi) is 7.95. The highest BCUT2D eigenvalue weighted by molar-refractivity contribution is 6.04. The van der Waals surface area contributed by atoms with Crippen LogP contribution in [0.3, 0.4) is 0 Å². The molecule has 0 saturated heterocycles. The molecule has 0 amide bonds. The number of fused-ring (bicyclic) bond motifs is 5. The van der Waals surface area contributed by atoms with Gasteiger partial charge in [0, 0.05) is 48.5 Å². The zero-order valence-electron chi connectivity index (χ0n) is 24.2. The standard InChI is InChI=1S/C32H42O8/c1-7-8-9-10-11-12-13-14-25(35)39-28-20(3)31(38)23(26-29(5,6)32(26,28)40-21(4)34)16-22(18-33)17-30(37)24(31)15-19(2)27(30)36/h9-16,20,23-24,26,28,33,37-38H,7-8,17-18H2,1-6H3/b10-9+,12-11+,14-13-/t20-,23+,24-,26+,28-,30-,31-,32-/m1/s1. The Labute approximate surface area is 236 Å². The number of carbonyl (C=O) groups excluding carboxylic acids is 3. The number of unbranched alkanes of at least 4 members (excludes halogenated alkanes) is 1. The van der Waals surface area contributed by atoms with Gasteiger partial charge in [-0.1, -0.05) is 76.6 Å². The van der Waals surface area contributed by atoms with Crippen LogP contribution in [0.25, 0.3) is 0 Å². The maximum absolute atomic E-state index is 13.2. The number of aliphatic hydroxyl groups excluding tert-OH is 1. The van der Waals surface area contributed by atoms with Gasteiger partial charge < -0.3 is 24.8 Å². The third-order valence-electron chi connectivity index (χ3n) is 9.67. The lowest BCUT2D eigenvalue weighted by Gasteiger charge is -2.53. The van der Waals surface area contributed by atoms with Crippen LogP contribution in [0.15, 0.2) is 59.8 Å². The Hall–Kier alpha value is -2.81. The van der Waals surface area contributed by atoms with Crippen molar-refractivity contribution in [2.75, 3.05) is 6.61 Å². The van der Waals surface area contributed by atoms with E-state index < -0.39 is 76.3 Å². The number of hydrogen-bond acceptors (Lipinski definition) is 8. The van der Waals surface area contributed by atoms with Crippen molar-refractivity contribution < 1.29 is 39.2 Å². The van der Waals surface area contributed by atoms with E-state index in [1.165, 1.54) is 13.0 Å². The zero-order valence-corrected chi connectivity index (χ0v) is 24.2. The summed E-state index contributed by atoms with van der Waals surface area (Å²) in [6.45, 7) is 10.1. The van der Waals surface area contributed by atoms with Gasteiger partial charge in [0.1, 0.15) is 11.7 Å². The van der Waals surface area contributed by atoms with E-state index in [1.54, 1.807) is 44.2 Å².